The first-order valence-electron chi connectivity index (χ1n) is 11.2. The van der Waals surface area contributed by atoms with Crippen molar-refractivity contribution in [2.75, 3.05) is 13.2 Å². The minimum Gasteiger partial charge on any atom is -0.491 e. The average Bonchev–Trinajstić information content (AvgIpc) is 3.44. The van der Waals surface area contributed by atoms with Crippen LogP contribution in [0.3, 0.4) is 0 Å². The highest BCUT2D eigenvalue weighted by Crippen LogP contribution is 2.34. The van der Waals surface area contributed by atoms with Crippen LogP contribution in [0.4, 0.5) is 4.79 Å². The molecule has 0 spiro atoms. The standard InChI is InChI=1S/C28H21NO6S/c1-17-9-10-19(27(31)32)15-22(17)24-12-11-20(35-24)16-25-26(30)29(28(33)36-25)13-14-34-23-8-4-6-18-5-2-3-7-21(18)23/h2-12,15-16H,13-14H2,1H3,(H,31,32)/b25-16-. The summed E-state index contributed by atoms with van der Waals surface area (Å²) in [5.74, 6) is 0.128. The van der Waals surface area contributed by atoms with Crippen LogP contribution in [-0.2, 0) is 4.79 Å². The number of aromatic carboxylic acids is 1. The number of fused-ring (bicyclic) bond motifs is 1. The Balaban J connectivity index is 1.28. The van der Waals surface area contributed by atoms with Gasteiger partial charge in [0.05, 0.1) is 17.0 Å². The molecule has 1 N–H and O–H groups in total. The maximum Gasteiger partial charge on any atom is 0.335 e. The van der Waals surface area contributed by atoms with E-state index < -0.39 is 11.9 Å². The molecule has 180 valence electrons. The third-order valence-electron chi connectivity index (χ3n) is 5.85. The highest BCUT2D eigenvalue weighted by Gasteiger charge is 2.35. The van der Waals surface area contributed by atoms with Gasteiger partial charge in [0.1, 0.15) is 23.9 Å². The Morgan fingerprint density at radius 2 is 1.86 bits per heavy atom. The molecule has 3 aromatic carbocycles. The molecule has 1 saturated heterocycles. The molecular weight excluding hydrogens is 478 g/mol. The molecule has 1 aliphatic rings. The molecule has 4 aromatic rings. The van der Waals surface area contributed by atoms with E-state index in [1.807, 2.05) is 49.4 Å². The Bertz CT molecular complexity index is 1530. The first-order valence-corrected chi connectivity index (χ1v) is 12.0. The van der Waals surface area contributed by atoms with Crippen LogP contribution in [0.25, 0.3) is 28.2 Å². The lowest BCUT2D eigenvalue weighted by Gasteiger charge is -2.14. The number of carbonyl (C=O) groups is 3. The summed E-state index contributed by atoms with van der Waals surface area (Å²) in [5.41, 5.74) is 1.65. The lowest BCUT2D eigenvalue weighted by Crippen LogP contribution is -2.32. The zero-order valence-corrected chi connectivity index (χ0v) is 20.1. The first kappa shape index (κ1) is 23.4. The number of carbonyl (C=O) groups excluding carboxylic acids is 2. The maximum absolute atomic E-state index is 12.9. The molecule has 0 aliphatic carbocycles. The fourth-order valence-corrected chi connectivity index (χ4v) is 4.83. The van der Waals surface area contributed by atoms with Gasteiger partial charge in [0.25, 0.3) is 11.1 Å². The molecular formula is C28H21NO6S. The fraction of sp³-hybridized carbons (Fsp3) is 0.107. The lowest BCUT2D eigenvalue weighted by molar-refractivity contribution is -0.123. The number of carboxylic acids is 1. The molecule has 8 heteroatoms. The molecule has 0 unspecified atom stereocenters. The largest absolute Gasteiger partial charge is 0.491 e. The van der Waals surface area contributed by atoms with E-state index >= 15 is 0 Å². The number of thioether (sulfide) groups is 1. The lowest BCUT2D eigenvalue weighted by atomic mass is 10.0. The number of hydrogen-bond acceptors (Lipinski definition) is 6. The number of imide groups is 1. The summed E-state index contributed by atoms with van der Waals surface area (Å²) in [5, 5.41) is 10.9. The molecule has 0 radical (unpaired) electrons. The Hall–Kier alpha value is -4.30. The first-order chi connectivity index (χ1) is 17.4. The molecule has 1 aromatic heterocycles. The normalized spacial score (nSPS) is 14.7. The van der Waals surface area contributed by atoms with Crippen molar-refractivity contribution in [2.24, 2.45) is 0 Å². The second kappa shape index (κ2) is 9.75. The summed E-state index contributed by atoms with van der Waals surface area (Å²) in [6, 6.07) is 21.8. The van der Waals surface area contributed by atoms with Crippen LogP contribution < -0.4 is 4.74 Å². The van der Waals surface area contributed by atoms with E-state index in [9.17, 15) is 19.5 Å². The van der Waals surface area contributed by atoms with Gasteiger partial charge in [-0.3, -0.25) is 14.5 Å². The van der Waals surface area contributed by atoms with E-state index in [4.69, 9.17) is 9.15 Å². The molecule has 1 aliphatic heterocycles. The summed E-state index contributed by atoms with van der Waals surface area (Å²) < 4.78 is 11.7. The fourth-order valence-electron chi connectivity index (χ4n) is 3.99. The van der Waals surface area contributed by atoms with Crippen molar-refractivity contribution in [1.82, 2.24) is 4.90 Å². The van der Waals surface area contributed by atoms with Crippen LogP contribution in [0.15, 0.2) is 82.1 Å². The number of aryl methyl sites for hydroxylation is 1. The van der Waals surface area contributed by atoms with Crippen molar-refractivity contribution >= 4 is 45.7 Å². The van der Waals surface area contributed by atoms with E-state index in [1.54, 1.807) is 24.3 Å². The molecule has 2 amide bonds. The minimum absolute atomic E-state index is 0.121. The molecule has 7 nitrogen and oxygen atoms in total. The summed E-state index contributed by atoms with van der Waals surface area (Å²) in [6.07, 6.45) is 1.52. The zero-order valence-electron chi connectivity index (χ0n) is 19.3. The van der Waals surface area contributed by atoms with Crippen LogP contribution in [0.5, 0.6) is 5.75 Å². The highest BCUT2D eigenvalue weighted by atomic mass is 32.2. The average molecular weight is 500 g/mol. The number of carboxylic acid groups (broad SMARTS) is 1. The van der Waals surface area contributed by atoms with Crippen molar-refractivity contribution < 1.29 is 28.6 Å². The van der Waals surface area contributed by atoms with Gasteiger partial charge < -0.3 is 14.3 Å². The number of hydrogen-bond donors (Lipinski definition) is 1. The predicted octanol–water partition coefficient (Wildman–Crippen LogP) is 6.22. The number of ether oxygens (including phenoxy) is 1. The van der Waals surface area contributed by atoms with Crippen LogP contribution in [0.1, 0.15) is 21.7 Å². The molecule has 1 fully saturated rings. The number of furan rings is 1. The third-order valence-corrected chi connectivity index (χ3v) is 6.75. The second-order valence-electron chi connectivity index (χ2n) is 8.20. The highest BCUT2D eigenvalue weighted by molar-refractivity contribution is 8.18. The van der Waals surface area contributed by atoms with Crippen molar-refractivity contribution in [3.8, 4) is 17.1 Å². The van der Waals surface area contributed by atoms with Crippen molar-refractivity contribution in [1.29, 1.82) is 0 Å². The van der Waals surface area contributed by atoms with Crippen LogP contribution >= 0.6 is 11.8 Å². The Morgan fingerprint density at radius 1 is 1.06 bits per heavy atom. The van der Waals surface area contributed by atoms with Gasteiger partial charge in [-0.2, -0.15) is 0 Å². The SMILES string of the molecule is Cc1ccc(C(=O)O)cc1-c1ccc(/C=C2\SC(=O)N(CCOc3cccc4ccccc34)C2=O)o1. The molecule has 0 atom stereocenters. The summed E-state index contributed by atoms with van der Waals surface area (Å²) in [6.45, 7) is 2.15. The number of amides is 2. The Kier molecular flexibility index (Phi) is 6.35. The Labute approximate surface area is 211 Å². The van der Waals surface area contributed by atoms with Gasteiger partial charge in [0.2, 0.25) is 0 Å². The van der Waals surface area contributed by atoms with Gasteiger partial charge in [-0.05, 0) is 60.0 Å². The summed E-state index contributed by atoms with van der Waals surface area (Å²) in [4.78, 5) is 38.1. The smallest absolute Gasteiger partial charge is 0.335 e. The van der Waals surface area contributed by atoms with Crippen LogP contribution in [0, 0.1) is 6.92 Å². The summed E-state index contributed by atoms with van der Waals surface area (Å²) in [7, 11) is 0. The van der Waals surface area contributed by atoms with Gasteiger partial charge in [-0.25, -0.2) is 4.79 Å². The molecule has 2 heterocycles. The van der Waals surface area contributed by atoms with Gasteiger partial charge in [0, 0.05) is 17.0 Å². The Morgan fingerprint density at radius 3 is 2.69 bits per heavy atom. The van der Waals surface area contributed by atoms with Crippen molar-refractivity contribution in [2.45, 2.75) is 6.92 Å². The van der Waals surface area contributed by atoms with E-state index in [1.165, 1.54) is 12.1 Å². The molecule has 0 bridgehead atoms. The van der Waals surface area contributed by atoms with Gasteiger partial charge in [0.15, 0.2) is 0 Å². The van der Waals surface area contributed by atoms with Gasteiger partial charge in [-0.1, -0.05) is 42.5 Å². The van der Waals surface area contributed by atoms with E-state index in [-0.39, 0.29) is 28.9 Å². The predicted molar refractivity (Wildman–Crippen MR) is 138 cm³/mol. The molecule has 5 rings (SSSR count). The monoisotopic (exact) mass is 499 g/mol. The van der Waals surface area contributed by atoms with Gasteiger partial charge in [-0.15, -0.1) is 0 Å². The number of benzene rings is 3. The molecule has 0 saturated carbocycles. The topological polar surface area (TPSA) is 97.0 Å². The summed E-state index contributed by atoms with van der Waals surface area (Å²) >= 11 is 0.845. The van der Waals surface area contributed by atoms with E-state index in [2.05, 4.69) is 0 Å². The van der Waals surface area contributed by atoms with E-state index in [0.717, 1.165) is 33.0 Å². The van der Waals surface area contributed by atoms with Crippen LogP contribution in [-0.4, -0.2) is 40.3 Å². The van der Waals surface area contributed by atoms with E-state index in [0.29, 0.717) is 22.8 Å². The number of nitrogens with zero attached hydrogens (tertiary/aromatic N) is 1. The minimum atomic E-state index is -1.03. The van der Waals surface area contributed by atoms with Crippen molar-refractivity contribution in [3.05, 3.63) is 94.6 Å². The van der Waals surface area contributed by atoms with Gasteiger partial charge >= 0.3 is 5.97 Å². The third kappa shape index (κ3) is 4.63. The van der Waals surface area contributed by atoms with Crippen molar-refractivity contribution in [3.63, 3.8) is 0 Å². The molecule has 36 heavy (non-hydrogen) atoms. The van der Waals surface area contributed by atoms with Crippen LogP contribution in [0.2, 0.25) is 0 Å². The quantitative estimate of drug-likeness (QED) is 0.301. The number of rotatable bonds is 7. The zero-order chi connectivity index (χ0) is 25.2. The maximum atomic E-state index is 12.9. The second-order valence-corrected chi connectivity index (χ2v) is 9.19.